The summed E-state index contributed by atoms with van der Waals surface area (Å²) in [5.41, 5.74) is 0.540. The Morgan fingerprint density at radius 2 is 2.00 bits per heavy atom. The summed E-state index contributed by atoms with van der Waals surface area (Å²) >= 11 is 5.93. The molecule has 106 valence electrons. The second kappa shape index (κ2) is 6.50. The average molecular weight is 291 g/mol. The van der Waals surface area contributed by atoms with Crippen LogP contribution in [0.15, 0.2) is 18.2 Å². The van der Waals surface area contributed by atoms with Crippen LogP contribution in [0.1, 0.15) is 11.6 Å². The van der Waals surface area contributed by atoms with Crippen molar-refractivity contribution in [1.29, 1.82) is 0 Å². The van der Waals surface area contributed by atoms with Gasteiger partial charge in [0, 0.05) is 26.2 Å². The highest BCUT2D eigenvalue weighted by Gasteiger charge is 2.30. The molecule has 2 rings (SSSR count). The van der Waals surface area contributed by atoms with Gasteiger partial charge in [0.05, 0.1) is 18.2 Å². The van der Waals surface area contributed by atoms with Crippen LogP contribution in [0.4, 0.5) is 8.78 Å². The molecule has 1 aromatic carbocycles. The number of ether oxygens (including phenoxy) is 1. The largest absolute Gasteiger partial charge is 0.495 e. The smallest absolute Gasteiger partial charge is 0.258 e. The molecule has 1 N–H and O–H groups in total. The molecule has 1 atom stereocenters. The molecule has 0 unspecified atom stereocenters. The molecule has 19 heavy (non-hydrogen) atoms. The molecule has 1 aromatic rings. The van der Waals surface area contributed by atoms with Gasteiger partial charge in [0.1, 0.15) is 5.75 Å². The lowest BCUT2D eigenvalue weighted by atomic mass is 10.0. The molecule has 0 spiro atoms. The maximum atomic E-state index is 13.4. The highest BCUT2D eigenvalue weighted by atomic mass is 35.5. The number of nitrogens with one attached hydrogen (secondary N) is 1. The Kier molecular flexibility index (Phi) is 4.96. The van der Waals surface area contributed by atoms with Gasteiger partial charge in [0.15, 0.2) is 0 Å². The topological polar surface area (TPSA) is 24.5 Å². The molecule has 1 aliphatic rings. The van der Waals surface area contributed by atoms with Crippen molar-refractivity contribution < 1.29 is 13.5 Å². The summed E-state index contributed by atoms with van der Waals surface area (Å²) in [5, 5.41) is 3.59. The third kappa shape index (κ3) is 3.35. The van der Waals surface area contributed by atoms with E-state index in [1.807, 2.05) is 0 Å². The Labute approximate surface area is 116 Å². The van der Waals surface area contributed by atoms with Crippen LogP contribution < -0.4 is 10.1 Å². The molecule has 1 fully saturated rings. The minimum Gasteiger partial charge on any atom is -0.495 e. The van der Waals surface area contributed by atoms with Crippen LogP contribution in [-0.2, 0) is 0 Å². The number of nitrogens with zero attached hydrogens (tertiary/aromatic N) is 1. The van der Waals surface area contributed by atoms with Gasteiger partial charge in [0.2, 0.25) is 0 Å². The summed E-state index contributed by atoms with van der Waals surface area (Å²) in [6.45, 7) is 2.68. The van der Waals surface area contributed by atoms with Gasteiger partial charge in [-0.1, -0.05) is 17.7 Å². The van der Waals surface area contributed by atoms with E-state index in [4.69, 9.17) is 16.3 Å². The predicted octanol–water partition coefficient (Wildman–Crippen LogP) is 2.56. The molecule has 6 heteroatoms. The SMILES string of the molecule is COc1cc([C@H](C(F)F)N2CCNCC2)ccc1Cl. The second-order valence-electron chi connectivity index (χ2n) is 4.46. The van der Waals surface area contributed by atoms with Crippen molar-refractivity contribution in [3.05, 3.63) is 28.8 Å². The number of rotatable bonds is 4. The number of hydrogen-bond acceptors (Lipinski definition) is 3. The van der Waals surface area contributed by atoms with Crippen LogP contribution in [0, 0.1) is 0 Å². The summed E-state index contributed by atoms with van der Waals surface area (Å²) < 4.78 is 31.8. The molecular formula is C13H17ClF2N2O. The standard InChI is InChI=1S/C13H17ClF2N2O/c1-19-11-8-9(2-3-10(11)14)12(13(15)16)18-6-4-17-5-7-18/h2-3,8,12-13,17H,4-7H2,1H3/t12-/m1/s1. The van der Waals surface area contributed by atoms with E-state index >= 15 is 0 Å². The molecule has 0 saturated carbocycles. The molecule has 1 heterocycles. The molecule has 0 aromatic heterocycles. The van der Waals surface area contributed by atoms with E-state index in [1.165, 1.54) is 7.11 Å². The third-order valence-corrected chi connectivity index (χ3v) is 3.61. The van der Waals surface area contributed by atoms with Crippen LogP contribution in [0.25, 0.3) is 0 Å². The van der Waals surface area contributed by atoms with Gasteiger partial charge < -0.3 is 10.1 Å². The highest BCUT2D eigenvalue weighted by molar-refractivity contribution is 6.32. The van der Waals surface area contributed by atoms with Crippen LogP contribution >= 0.6 is 11.6 Å². The molecule has 3 nitrogen and oxygen atoms in total. The van der Waals surface area contributed by atoms with Crippen LogP contribution in [0.2, 0.25) is 5.02 Å². The van der Waals surface area contributed by atoms with E-state index in [-0.39, 0.29) is 0 Å². The van der Waals surface area contributed by atoms with Crippen molar-refractivity contribution >= 4 is 11.6 Å². The Balaban J connectivity index is 2.27. The van der Waals surface area contributed by atoms with E-state index in [1.54, 1.807) is 23.1 Å². The van der Waals surface area contributed by atoms with E-state index in [2.05, 4.69) is 5.32 Å². The van der Waals surface area contributed by atoms with Crippen LogP contribution in [0.3, 0.4) is 0 Å². The number of benzene rings is 1. The first-order valence-electron chi connectivity index (χ1n) is 6.20. The fraction of sp³-hybridized carbons (Fsp3) is 0.538. The van der Waals surface area contributed by atoms with Crippen molar-refractivity contribution in [2.24, 2.45) is 0 Å². The van der Waals surface area contributed by atoms with Gasteiger partial charge in [-0.25, -0.2) is 8.78 Å². The first-order chi connectivity index (χ1) is 9.13. The molecule has 0 radical (unpaired) electrons. The van der Waals surface area contributed by atoms with Gasteiger partial charge in [-0.2, -0.15) is 0 Å². The Morgan fingerprint density at radius 1 is 1.32 bits per heavy atom. The van der Waals surface area contributed by atoms with Crippen molar-refractivity contribution in [2.75, 3.05) is 33.3 Å². The second-order valence-corrected chi connectivity index (χ2v) is 4.87. The number of piperazine rings is 1. The third-order valence-electron chi connectivity index (χ3n) is 3.30. The summed E-state index contributed by atoms with van der Waals surface area (Å²) in [4.78, 5) is 1.80. The van der Waals surface area contributed by atoms with Gasteiger partial charge in [0.25, 0.3) is 6.43 Å². The zero-order valence-corrected chi connectivity index (χ0v) is 11.5. The number of methoxy groups -OCH3 is 1. The summed E-state index contributed by atoms with van der Waals surface area (Å²) in [6, 6.07) is 3.94. The molecule has 0 amide bonds. The van der Waals surface area contributed by atoms with E-state index in [9.17, 15) is 8.78 Å². The zero-order valence-electron chi connectivity index (χ0n) is 10.7. The van der Waals surface area contributed by atoms with Gasteiger partial charge in [-0.15, -0.1) is 0 Å². The van der Waals surface area contributed by atoms with Gasteiger partial charge >= 0.3 is 0 Å². The predicted molar refractivity (Wildman–Crippen MR) is 71.2 cm³/mol. The fourth-order valence-corrected chi connectivity index (χ4v) is 2.53. The number of halogens is 3. The van der Waals surface area contributed by atoms with Crippen LogP contribution in [-0.4, -0.2) is 44.6 Å². The quantitative estimate of drug-likeness (QED) is 0.922. The molecule has 1 aliphatic heterocycles. The molecular weight excluding hydrogens is 274 g/mol. The minimum absolute atomic E-state index is 0.430. The summed E-state index contributed by atoms with van der Waals surface area (Å²) in [7, 11) is 1.48. The van der Waals surface area contributed by atoms with Crippen molar-refractivity contribution in [1.82, 2.24) is 10.2 Å². The lowest BCUT2D eigenvalue weighted by Crippen LogP contribution is -2.46. The first kappa shape index (κ1) is 14.5. The summed E-state index contributed by atoms with van der Waals surface area (Å²) in [6.07, 6.45) is -2.44. The number of alkyl halides is 2. The Hall–Kier alpha value is -0.910. The zero-order chi connectivity index (χ0) is 13.8. The van der Waals surface area contributed by atoms with E-state index in [0.717, 1.165) is 13.1 Å². The highest BCUT2D eigenvalue weighted by Crippen LogP contribution is 2.33. The maximum Gasteiger partial charge on any atom is 0.258 e. The number of hydrogen-bond donors (Lipinski definition) is 1. The summed E-state index contributed by atoms with van der Waals surface area (Å²) in [5.74, 6) is 0.431. The van der Waals surface area contributed by atoms with Crippen molar-refractivity contribution in [3.8, 4) is 5.75 Å². The molecule has 1 saturated heterocycles. The van der Waals surface area contributed by atoms with Crippen molar-refractivity contribution in [2.45, 2.75) is 12.5 Å². The van der Waals surface area contributed by atoms with Gasteiger partial charge in [-0.05, 0) is 17.7 Å². The van der Waals surface area contributed by atoms with E-state index < -0.39 is 12.5 Å². The van der Waals surface area contributed by atoms with Crippen molar-refractivity contribution in [3.63, 3.8) is 0 Å². The Morgan fingerprint density at radius 3 is 2.58 bits per heavy atom. The van der Waals surface area contributed by atoms with E-state index in [0.29, 0.717) is 29.4 Å². The normalized spacial score (nSPS) is 18.6. The Bertz CT molecular complexity index is 425. The first-order valence-corrected chi connectivity index (χ1v) is 6.57. The lowest BCUT2D eigenvalue weighted by Gasteiger charge is -2.34. The minimum atomic E-state index is -2.44. The monoisotopic (exact) mass is 290 g/mol. The lowest BCUT2D eigenvalue weighted by molar-refractivity contribution is 0.0181. The maximum absolute atomic E-state index is 13.4. The average Bonchev–Trinajstić information content (AvgIpc) is 2.41. The fourth-order valence-electron chi connectivity index (χ4n) is 2.34. The van der Waals surface area contributed by atoms with Gasteiger partial charge in [-0.3, -0.25) is 4.90 Å². The van der Waals surface area contributed by atoms with Crippen LogP contribution in [0.5, 0.6) is 5.75 Å². The molecule has 0 bridgehead atoms. The molecule has 0 aliphatic carbocycles.